The lowest BCUT2D eigenvalue weighted by atomic mass is 10.3. The highest BCUT2D eigenvalue weighted by molar-refractivity contribution is 7.17. The van der Waals surface area contributed by atoms with E-state index in [0.717, 1.165) is 38.8 Å². The van der Waals surface area contributed by atoms with E-state index >= 15 is 0 Å². The summed E-state index contributed by atoms with van der Waals surface area (Å²) in [6.45, 7) is 4.06. The summed E-state index contributed by atoms with van der Waals surface area (Å²) in [5.41, 5.74) is 4.98. The summed E-state index contributed by atoms with van der Waals surface area (Å²) in [7, 11) is 0. The highest BCUT2D eigenvalue weighted by Crippen LogP contribution is 2.30. The third-order valence-corrected chi connectivity index (χ3v) is 4.69. The van der Waals surface area contributed by atoms with E-state index in [2.05, 4.69) is 27.3 Å². The molecule has 3 aromatic heterocycles. The van der Waals surface area contributed by atoms with E-state index in [9.17, 15) is 0 Å². The van der Waals surface area contributed by atoms with Crippen molar-refractivity contribution < 1.29 is 0 Å². The summed E-state index contributed by atoms with van der Waals surface area (Å²) in [6.07, 6.45) is 1.59. The third kappa shape index (κ3) is 2.37. The van der Waals surface area contributed by atoms with Gasteiger partial charge in [-0.3, -0.25) is 0 Å². The molecule has 114 valence electrons. The number of para-hydroxylation sites is 1. The largest absolute Gasteiger partial charge is 0.336 e. The van der Waals surface area contributed by atoms with Crippen molar-refractivity contribution in [2.75, 3.05) is 5.32 Å². The second-order valence-corrected chi connectivity index (χ2v) is 6.19. The van der Waals surface area contributed by atoms with Crippen LogP contribution < -0.4 is 5.32 Å². The molecule has 0 aliphatic rings. The SMILES string of the molecule is Cc1nn(-c2ccccc2)c(C)c1Nc1ncnc2ccsc12. The smallest absolute Gasteiger partial charge is 0.151 e. The van der Waals surface area contributed by atoms with Gasteiger partial charge in [0.1, 0.15) is 6.33 Å². The Morgan fingerprint density at radius 1 is 1.04 bits per heavy atom. The van der Waals surface area contributed by atoms with Crippen molar-refractivity contribution in [3.05, 3.63) is 59.5 Å². The maximum atomic E-state index is 4.66. The predicted octanol–water partition coefficient (Wildman–Crippen LogP) is 4.24. The average Bonchev–Trinajstić information content (AvgIpc) is 3.16. The van der Waals surface area contributed by atoms with Gasteiger partial charge in [0.2, 0.25) is 0 Å². The van der Waals surface area contributed by atoms with Gasteiger partial charge >= 0.3 is 0 Å². The summed E-state index contributed by atoms with van der Waals surface area (Å²) in [5.74, 6) is 0.823. The zero-order valence-corrected chi connectivity index (χ0v) is 13.6. The molecule has 0 radical (unpaired) electrons. The van der Waals surface area contributed by atoms with Gasteiger partial charge in [0.25, 0.3) is 0 Å². The van der Waals surface area contributed by atoms with Crippen LogP contribution in [-0.2, 0) is 0 Å². The normalized spacial score (nSPS) is 11.0. The first-order valence-corrected chi connectivity index (χ1v) is 8.19. The Balaban J connectivity index is 1.78. The molecule has 3 heterocycles. The maximum absolute atomic E-state index is 4.66. The van der Waals surface area contributed by atoms with Crippen LogP contribution in [0.25, 0.3) is 15.9 Å². The van der Waals surface area contributed by atoms with E-state index in [4.69, 9.17) is 0 Å². The lowest BCUT2D eigenvalue weighted by Crippen LogP contribution is -2.00. The van der Waals surface area contributed by atoms with Gasteiger partial charge in [-0.15, -0.1) is 11.3 Å². The number of hydrogen-bond donors (Lipinski definition) is 1. The molecular weight excluding hydrogens is 306 g/mol. The Hall–Kier alpha value is -2.73. The molecular formula is C17H15N5S. The van der Waals surface area contributed by atoms with Crippen LogP contribution in [0.2, 0.25) is 0 Å². The van der Waals surface area contributed by atoms with Crippen molar-refractivity contribution in [3.63, 3.8) is 0 Å². The first-order chi connectivity index (χ1) is 11.2. The fourth-order valence-corrected chi connectivity index (χ4v) is 3.43. The van der Waals surface area contributed by atoms with Gasteiger partial charge in [0.15, 0.2) is 5.82 Å². The third-order valence-electron chi connectivity index (χ3n) is 3.78. The Morgan fingerprint density at radius 3 is 2.70 bits per heavy atom. The topological polar surface area (TPSA) is 55.6 Å². The van der Waals surface area contributed by atoms with Gasteiger partial charge in [0.05, 0.1) is 33.0 Å². The molecule has 0 saturated carbocycles. The van der Waals surface area contributed by atoms with Crippen LogP contribution in [0.15, 0.2) is 48.1 Å². The van der Waals surface area contributed by atoms with E-state index in [-0.39, 0.29) is 0 Å². The molecule has 0 aliphatic carbocycles. The molecule has 1 N–H and O–H groups in total. The van der Waals surface area contributed by atoms with E-state index in [0.29, 0.717) is 0 Å². The van der Waals surface area contributed by atoms with Gasteiger partial charge in [0, 0.05) is 0 Å². The molecule has 5 nitrogen and oxygen atoms in total. The van der Waals surface area contributed by atoms with Crippen molar-refractivity contribution in [1.29, 1.82) is 0 Å². The molecule has 23 heavy (non-hydrogen) atoms. The van der Waals surface area contributed by atoms with Gasteiger partial charge in [-0.05, 0) is 37.4 Å². The molecule has 0 unspecified atom stereocenters. The molecule has 0 aliphatic heterocycles. The van der Waals surface area contributed by atoms with E-state index < -0.39 is 0 Å². The number of nitrogens with zero attached hydrogens (tertiary/aromatic N) is 4. The second kappa shape index (κ2) is 5.48. The number of thiophene rings is 1. The Labute approximate surface area is 137 Å². The Bertz CT molecular complexity index is 971. The number of fused-ring (bicyclic) bond motifs is 1. The minimum atomic E-state index is 0.823. The molecule has 4 aromatic rings. The van der Waals surface area contributed by atoms with Crippen LogP contribution in [0, 0.1) is 13.8 Å². The maximum Gasteiger partial charge on any atom is 0.151 e. The first-order valence-electron chi connectivity index (χ1n) is 7.31. The van der Waals surface area contributed by atoms with Crippen LogP contribution in [0.5, 0.6) is 0 Å². The monoisotopic (exact) mass is 321 g/mol. The fraction of sp³-hybridized carbons (Fsp3) is 0.118. The van der Waals surface area contributed by atoms with Gasteiger partial charge in [-0.25, -0.2) is 14.6 Å². The quantitative estimate of drug-likeness (QED) is 0.613. The van der Waals surface area contributed by atoms with Crippen LogP contribution in [0.1, 0.15) is 11.4 Å². The Kier molecular flexibility index (Phi) is 3.31. The summed E-state index contributed by atoms with van der Waals surface area (Å²) >= 11 is 1.63. The number of rotatable bonds is 3. The van der Waals surface area contributed by atoms with Gasteiger partial charge in [-0.1, -0.05) is 18.2 Å². The van der Waals surface area contributed by atoms with E-state index in [1.54, 1.807) is 17.7 Å². The molecule has 0 amide bonds. The van der Waals surface area contributed by atoms with Crippen LogP contribution in [-0.4, -0.2) is 19.7 Å². The van der Waals surface area contributed by atoms with Crippen LogP contribution in [0.4, 0.5) is 11.5 Å². The van der Waals surface area contributed by atoms with Crippen molar-refractivity contribution in [3.8, 4) is 5.69 Å². The van der Waals surface area contributed by atoms with Crippen molar-refractivity contribution in [2.24, 2.45) is 0 Å². The zero-order valence-electron chi connectivity index (χ0n) is 12.8. The van der Waals surface area contributed by atoms with E-state index in [1.165, 1.54) is 0 Å². The van der Waals surface area contributed by atoms with Gasteiger partial charge in [-0.2, -0.15) is 5.10 Å². The molecule has 0 bridgehead atoms. The predicted molar refractivity (Wildman–Crippen MR) is 93.7 cm³/mol. The summed E-state index contributed by atoms with van der Waals surface area (Å²) in [4.78, 5) is 8.67. The molecule has 6 heteroatoms. The number of hydrogen-bond acceptors (Lipinski definition) is 5. The summed E-state index contributed by atoms with van der Waals surface area (Å²) in [6, 6.07) is 12.1. The molecule has 4 rings (SSSR count). The minimum absolute atomic E-state index is 0.823. The number of aryl methyl sites for hydroxylation is 1. The van der Waals surface area contributed by atoms with Crippen molar-refractivity contribution >= 4 is 33.1 Å². The average molecular weight is 321 g/mol. The van der Waals surface area contributed by atoms with Crippen molar-refractivity contribution in [1.82, 2.24) is 19.7 Å². The second-order valence-electron chi connectivity index (χ2n) is 5.28. The highest BCUT2D eigenvalue weighted by atomic mass is 32.1. The van der Waals surface area contributed by atoms with Gasteiger partial charge < -0.3 is 5.32 Å². The first kappa shape index (κ1) is 13.9. The standard InChI is InChI=1S/C17H15N5S/c1-11-15(12(2)22(21-11)13-6-4-3-5-7-13)20-17-16-14(8-9-23-16)18-10-19-17/h3-10H,1-2H3,(H,18,19,20). The zero-order chi connectivity index (χ0) is 15.8. The highest BCUT2D eigenvalue weighted by Gasteiger charge is 2.15. The van der Waals surface area contributed by atoms with Crippen LogP contribution >= 0.6 is 11.3 Å². The van der Waals surface area contributed by atoms with E-state index in [1.807, 2.05) is 53.4 Å². The Morgan fingerprint density at radius 2 is 1.87 bits per heavy atom. The molecule has 0 spiro atoms. The molecule has 0 atom stereocenters. The molecule has 0 saturated heterocycles. The van der Waals surface area contributed by atoms with Crippen LogP contribution in [0.3, 0.4) is 0 Å². The molecule has 1 aromatic carbocycles. The summed E-state index contributed by atoms with van der Waals surface area (Å²) in [5, 5.41) is 10.1. The molecule has 0 fully saturated rings. The van der Waals surface area contributed by atoms with Crippen molar-refractivity contribution in [2.45, 2.75) is 13.8 Å². The lowest BCUT2D eigenvalue weighted by Gasteiger charge is -2.08. The fourth-order valence-electron chi connectivity index (χ4n) is 2.64. The number of anilines is 2. The number of aromatic nitrogens is 4. The summed E-state index contributed by atoms with van der Waals surface area (Å²) < 4.78 is 3.00. The number of nitrogens with one attached hydrogen (secondary N) is 1. The number of benzene rings is 1. The lowest BCUT2D eigenvalue weighted by molar-refractivity contribution is 0.834. The minimum Gasteiger partial charge on any atom is -0.336 e.